The van der Waals surface area contributed by atoms with Crippen molar-refractivity contribution >= 4 is 39.1 Å². The third-order valence-corrected chi connectivity index (χ3v) is 4.47. The number of hydrogen-bond acceptors (Lipinski definition) is 4. The quantitative estimate of drug-likeness (QED) is 0.741. The Balaban J connectivity index is 2.21. The van der Waals surface area contributed by atoms with E-state index in [0.717, 1.165) is 27.4 Å². The molecule has 0 spiro atoms. The second-order valence-corrected chi connectivity index (χ2v) is 5.75. The van der Waals surface area contributed by atoms with Crippen molar-refractivity contribution in [3.8, 4) is 0 Å². The fourth-order valence-corrected chi connectivity index (χ4v) is 3.21. The van der Waals surface area contributed by atoms with Crippen LogP contribution < -0.4 is 5.56 Å². The van der Waals surface area contributed by atoms with E-state index in [4.69, 9.17) is 0 Å². The van der Waals surface area contributed by atoms with Crippen molar-refractivity contribution < 1.29 is 0 Å². The predicted octanol–water partition coefficient (Wildman–Crippen LogP) is 2.74. The van der Waals surface area contributed by atoms with Gasteiger partial charge in [0.15, 0.2) is 0 Å². The van der Waals surface area contributed by atoms with E-state index in [1.165, 1.54) is 11.3 Å². The Morgan fingerprint density at radius 1 is 1.59 bits per heavy atom. The number of H-pyrrole nitrogens is 1. The van der Waals surface area contributed by atoms with Gasteiger partial charge >= 0.3 is 0 Å². The third-order valence-electron chi connectivity index (χ3n) is 2.46. The second kappa shape index (κ2) is 4.19. The highest BCUT2D eigenvalue weighted by molar-refractivity contribution is 7.99. The Morgan fingerprint density at radius 2 is 2.47 bits per heavy atom. The van der Waals surface area contributed by atoms with Crippen LogP contribution in [-0.4, -0.2) is 20.1 Å². The standard InChI is InChI=1S/C11H11N3OS2/c1-2-4-16-8-6-14-10(15)9-7(3-5-17-9)12-11(14)13-8/h3,5-6H,2,4H2,1H3,(H,12,13). The summed E-state index contributed by atoms with van der Waals surface area (Å²) in [6.45, 7) is 2.13. The molecule has 3 aromatic rings. The fraction of sp³-hybridized carbons (Fsp3) is 0.273. The van der Waals surface area contributed by atoms with E-state index < -0.39 is 0 Å². The van der Waals surface area contributed by atoms with E-state index in [1.807, 2.05) is 17.6 Å². The van der Waals surface area contributed by atoms with Crippen molar-refractivity contribution in [1.29, 1.82) is 0 Å². The molecule has 0 atom stereocenters. The third kappa shape index (κ3) is 1.77. The highest BCUT2D eigenvalue weighted by atomic mass is 32.2. The maximum Gasteiger partial charge on any atom is 0.276 e. The lowest BCUT2D eigenvalue weighted by molar-refractivity contribution is 1.09. The van der Waals surface area contributed by atoms with Gasteiger partial charge in [-0.3, -0.25) is 4.79 Å². The number of aromatic amines is 1. The maximum absolute atomic E-state index is 12.1. The lowest BCUT2D eigenvalue weighted by atomic mass is 10.5. The van der Waals surface area contributed by atoms with Crippen LogP contribution >= 0.6 is 23.1 Å². The monoisotopic (exact) mass is 265 g/mol. The van der Waals surface area contributed by atoms with Gasteiger partial charge in [-0.1, -0.05) is 6.92 Å². The molecule has 0 amide bonds. The summed E-state index contributed by atoms with van der Waals surface area (Å²) in [5.74, 6) is 1.64. The lowest BCUT2D eigenvalue weighted by Crippen LogP contribution is -2.11. The minimum absolute atomic E-state index is 0.0135. The van der Waals surface area contributed by atoms with Crippen molar-refractivity contribution in [1.82, 2.24) is 14.4 Å². The van der Waals surface area contributed by atoms with Crippen molar-refractivity contribution in [2.24, 2.45) is 0 Å². The molecule has 0 aliphatic carbocycles. The summed E-state index contributed by atoms with van der Waals surface area (Å²) in [7, 11) is 0. The number of thiophene rings is 1. The molecule has 1 N–H and O–H groups in total. The van der Waals surface area contributed by atoms with E-state index in [9.17, 15) is 4.79 Å². The number of aromatic nitrogens is 3. The van der Waals surface area contributed by atoms with Crippen LogP contribution in [0.1, 0.15) is 13.3 Å². The molecule has 0 aliphatic heterocycles. The molecule has 0 unspecified atom stereocenters. The zero-order valence-electron chi connectivity index (χ0n) is 9.27. The van der Waals surface area contributed by atoms with E-state index in [-0.39, 0.29) is 5.56 Å². The molecular formula is C11H11N3OS2. The van der Waals surface area contributed by atoms with Crippen LogP contribution in [0.5, 0.6) is 0 Å². The molecule has 3 aromatic heterocycles. The van der Waals surface area contributed by atoms with Crippen LogP contribution in [0.15, 0.2) is 27.5 Å². The second-order valence-electron chi connectivity index (χ2n) is 3.71. The van der Waals surface area contributed by atoms with Crippen molar-refractivity contribution in [3.05, 3.63) is 28.0 Å². The van der Waals surface area contributed by atoms with Crippen LogP contribution in [-0.2, 0) is 0 Å². The van der Waals surface area contributed by atoms with Gasteiger partial charge in [-0.2, -0.15) is 0 Å². The first kappa shape index (κ1) is 10.9. The maximum atomic E-state index is 12.1. The number of rotatable bonds is 3. The molecule has 3 heterocycles. The highest BCUT2D eigenvalue weighted by Crippen LogP contribution is 2.19. The fourth-order valence-electron chi connectivity index (χ4n) is 1.68. The summed E-state index contributed by atoms with van der Waals surface area (Å²) >= 11 is 3.13. The van der Waals surface area contributed by atoms with E-state index in [0.29, 0.717) is 5.78 Å². The summed E-state index contributed by atoms with van der Waals surface area (Å²) in [6, 6.07) is 1.91. The van der Waals surface area contributed by atoms with Gasteiger partial charge in [-0.15, -0.1) is 23.1 Å². The van der Waals surface area contributed by atoms with E-state index >= 15 is 0 Å². The Kier molecular flexibility index (Phi) is 2.68. The number of nitrogens with one attached hydrogen (secondary N) is 1. The van der Waals surface area contributed by atoms with Gasteiger partial charge in [0.25, 0.3) is 5.56 Å². The lowest BCUT2D eigenvalue weighted by Gasteiger charge is -1.92. The van der Waals surface area contributed by atoms with Crippen LogP contribution in [0.3, 0.4) is 0 Å². The minimum Gasteiger partial charge on any atom is -0.324 e. The van der Waals surface area contributed by atoms with Gasteiger partial charge in [-0.25, -0.2) is 9.38 Å². The largest absolute Gasteiger partial charge is 0.324 e. The number of hydrogen-bond donors (Lipinski definition) is 1. The Morgan fingerprint density at radius 3 is 3.29 bits per heavy atom. The summed E-state index contributed by atoms with van der Waals surface area (Å²) in [5.41, 5.74) is 0.879. The van der Waals surface area contributed by atoms with E-state index in [1.54, 1.807) is 16.2 Å². The highest BCUT2D eigenvalue weighted by Gasteiger charge is 2.09. The Hall–Kier alpha value is -1.27. The van der Waals surface area contributed by atoms with E-state index in [2.05, 4.69) is 16.9 Å². The van der Waals surface area contributed by atoms with Gasteiger partial charge in [-0.05, 0) is 23.6 Å². The first-order valence-corrected chi connectivity index (χ1v) is 7.27. The van der Waals surface area contributed by atoms with Crippen molar-refractivity contribution in [2.75, 3.05) is 5.75 Å². The van der Waals surface area contributed by atoms with Gasteiger partial charge in [0.1, 0.15) is 9.73 Å². The molecule has 88 valence electrons. The number of nitrogens with zero attached hydrogens (tertiary/aromatic N) is 2. The topological polar surface area (TPSA) is 50.2 Å². The Bertz CT molecular complexity index is 725. The summed E-state index contributed by atoms with van der Waals surface area (Å²) in [4.78, 5) is 19.7. The van der Waals surface area contributed by atoms with Gasteiger partial charge in [0.2, 0.25) is 5.78 Å². The molecule has 0 fully saturated rings. The SMILES string of the molecule is CCCSc1cn2c(=O)c3sccc3[nH]c2n1. The number of imidazole rings is 1. The minimum atomic E-state index is 0.0135. The smallest absolute Gasteiger partial charge is 0.276 e. The molecule has 0 aromatic carbocycles. The van der Waals surface area contributed by atoms with Gasteiger partial charge in [0.05, 0.1) is 5.52 Å². The molecule has 6 heteroatoms. The summed E-state index contributed by atoms with van der Waals surface area (Å²) in [6.07, 6.45) is 2.91. The van der Waals surface area contributed by atoms with Crippen LogP contribution in [0.25, 0.3) is 16.0 Å². The van der Waals surface area contributed by atoms with Crippen LogP contribution in [0.2, 0.25) is 0 Å². The normalized spacial score (nSPS) is 11.6. The van der Waals surface area contributed by atoms with Crippen LogP contribution in [0, 0.1) is 0 Å². The summed E-state index contributed by atoms with van der Waals surface area (Å²) in [5, 5.41) is 2.81. The molecule has 0 aliphatic rings. The van der Waals surface area contributed by atoms with Crippen molar-refractivity contribution in [3.63, 3.8) is 0 Å². The summed E-state index contributed by atoms with van der Waals surface area (Å²) < 4.78 is 2.35. The predicted molar refractivity (Wildman–Crippen MR) is 72.2 cm³/mol. The molecule has 0 saturated carbocycles. The zero-order chi connectivity index (χ0) is 11.8. The molecule has 0 radical (unpaired) electrons. The molecule has 0 bridgehead atoms. The van der Waals surface area contributed by atoms with Gasteiger partial charge < -0.3 is 4.98 Å². The zero-order valence-corrected chi connectivity index (χ0v) is 10.9. The average Bonchev–Trinajstić information content (AvgIpc) is 2.93. The average molecular weight is 265 g/mol. The molecular weight excluding hydrogens is 254 g/mol. The Labute approximate surface area is 106 Å². The van der Waals surface area contributed by atoms with Crippen molar-refractivity contribution in [2.45, 2.75) is 18.4 Å². The number of fused-ring (bicyclic) bond motifs is 2. The molecule has 3 rings (SSSR count). The van der Waals surface area contributed by atoms with Gasteiger partial charge in [0, 0.05) is 6.20 Å². The molecule has 0 saturated heterocycles. The molecule has 17 heavy (non-hydrogen) atoms. The first-order valence-electron chi connectivity index (χ1n) is 5.41. The molecule has 4 nitrogen and oxygen atoms in total. The first-order chi connectivity index (χ1) is 8.29. The number of thioether (sulfide) groups is 1. The van der Waals surface area contributed by atoms with Crippen LogP contribution in [0.4, 0.5) is 0 Å².